The van der Waals surface area contributed by atoms with E-state index in [9.17, 15) is 24.6 Å². The largest absolute Gasteiger partial charge is 0.508 e. The lowest BCUT2D eigenvalue weighted by molar-refractivity contribution is 0.0224. The summed E-state index contributed by atoms with van der Waals surface area (Å²) in [6.45, 7) is 1.83. The van der Waals surface area contributed by atoms with Crippen molar-refractivity contribution in [3.05, 3.63) is 143 Å². The number of phenols is 2. The number of phenolic OH excluding ortho intramolecular Hbond substituents is 2. The number of hydrogen-bond donors (Lipinski definition) is 5. The maximum absolute atomic E-state index is 13.4. The van der Waals surface area contributed by atoms with Crippen molar-refractivity contribution in [1.29, 1.82) is 0 Å². The molecule has 2 aliphatic rings. The molecule has 1 atom stereocenters. The van der Waals surface area contributed by atoms with Crippen LogP contribution in [-0.2, 0) is 10.3 Å². The zero-order valence-corrected chi connectivity index (χ0v) is 24.4. The number of carbonyl (C=O) groups is 3. The molecule has 0 fully saturated rings. The SMILES string of the molecule is CC(NC(=O)c1ccc2c(c1)C(=O)OC21c2ccc(O)cc2Oc2cc(O)ccc21)c1ccc(NC(=O)Nc2ccccc2)cc1. The van der Waals surface area contributed by atoms with Gasteiger partial charge in [0.05, 0.1) is 11.6 Å². The monoisotopic (exact) mass is 613 g/mol. The number of amides is 3. The van der Waals surface area contributed by atoms with Crippen LogP contribution in [0.25, 0.3) is 0 Å². The number of urea groups is 1. The molecule has 5 aromatic carbocycles. The average Bonchev–Trinajstić information content (AvgIpc) is 3.33. The highest BCUT2D eigenvalue weighted by Gasteiger charge is 2.53. The lowest BCUT2D eigenvalue weighted by Gasteiger charge is -2.36. The summed E-state index contributed by atoms with van der Waals surface area (Å²) in [7, 11) is 0. The molecule has 7 rings (SSSR count). The first-order valence-corrected chi connectivity index (χ1v) is 14.5. The predicted molar refractivity (Wildman–Crippen MR) is 169 cm³/mol. The van der Waals surface area contributed by atoms with Gasteiger partial charge < -0.3 is 35.6 Å². The molecule has 10 heteroatoms. The first kappa shape index (κ1) is 28.5. The highest BCUT2D eigenvalue weighted by molar-refractivity contribution is 6.02. The molecule has 3 amide bonds. The molecular formula is C36H27N3O7. The maximum Gasteiger partial charge on any atom is 0.340 e. The number of benzene rings is 5. The topological polar surface area (TPSA) is 146 Å². The molecule has 46 heavy (non-hydrogen) atoms. The number of ether oxygens (including phenoxy) is 2. The van der Waals surface area contributed by atoms with E-state index in [1.54, 1.807) is 48.5 Å². The second kappa shape index (κ2) is 11.0. The number of esters is 1. The molecule has 2 aliphatic heterocycles. The van der Waals surface area contributed by atoms with Gasteiger partial charge in [-0.2, -0.15) is 0 Å². The minimum absolute atomic E-state index is 0.0392. The van der Waals surface area contributed by atoms with Gasteiger partial charge in [0.15, 0.2) is 5.60 Å². The molecular weight excluding hydrogens is 586 g/mol. The number of nitrogens with one attached hydrogen (secondary N) is 3. The van der Waals surface area contributed by atoms with E-state index in [0.717, 1.165) is 5.56 Å². The van der Waals surface area contributed by atoms with E-state index in [2.05, 4.69) is 16.0 Å². The quantitative estimate of drug-likeness (QED) is 0.137. The molecule has 5 N–H and O–H groups in total. The molecule has 0 aliphatic carbocycles. The number of carbonyl (C=O) groups excluding carboxylic acids is 3. The molecule has 0 bridgehead atoms. The zero-order chi connectivity index (χ0) is 32.0. The molecule has 0 saturated carbocycles. The summed E-state index contributed by atoms with van der Waals surface area (Å²) >= 11 is 0. The molecule has 0 aromatic heterocycles. The Morgan fingerprint density at radius 1 is 0.717 bits per heavy atom. The van der Waals surface area contributed by atoms with E-state index < -0.39 is 17.5 Å². The van der Waals surface area contributed by atoms with E-state index in [0.29, 0.717) is 28.1 Å². The first-order valence-electron chi connectivity index (χ1n) is 14.5. The summed E-state index contributed by atoms with van der Waals surface area (Å²) in [5, 5.41) is 28.7. The Balaban J connectivity index is 1.11. The van der Waals surface area contributed by atoms with Gasteiger partial charge in [0.2, 0.25) is 0 Å². The number of anilines is 2. The van der Waals surface area contributed by atoms with Crippen molar-refractivity contribution in [3.8, 4) is 23.0 Å². The summed E-state index contributed by atoms with van der Waals surface area (Å²) in [5.74, 6) is -0.557. The fourth-order valence-electron chi connectivity index (χ4n) is 5.88. The van der Waals surface area contributed by atoms with Gasteiger partial charge in [0.1, 0.15) is 23.0 Å². The van der Waals surface area contributed by atoms with E-state index in [1.807, 2.05) is 37.3 Å². The van der Waals surface area contributed by atoms with Crippen LogP contribution in [0.4, 0.5) is 16.2 Å². The smallest absolute Gasteiger partial charge is 0.340 e. The van der Waals surface area contributed by atoms with Crippen LogP contribution < -0.4 is 20.7 Å². The van der Waals surface area contributed by atoms with Gasteiger partial charge in [-0.25, -0.2) is 9.59 Å². The zero-order valence-electron chi connectivity index (χ0n) is 24.4. The molecule has 0 saturated heterocycles. The van der Waals surface area contributed by atoms with E-state index in [-0.39, 0.29) is 46.2 Å². The lowest BCUT2D eigenvalue weighted by atomic mass is 9.77. The third-order valence-electron chi connectivity index (χ3n) is 8.08. The summed E-state index contributed by atoms with van der Waals surface area (Å²) in [6.07, 6.45) is 0. The van der Waals surface area contributed by atoms with Gasteiger partial charge >= 0.3 is 12.0 Å². The summed E-state index contributed by atoms with van der Waals surface area (Å²) in [6, 6.07) is 29.3. The summed E-state index contributed by atoms with van der Waals surface area (Å²) in [4.78, 5) is 39.1. The van der Waals surface area contributed by atoms with Crippen molar-refractivity contribution in [2.24, 2.45) is 0 Å². The van der Waals surface area contributed by atoms with E-state index in [4.69, 9.17) is 9.47 Å². The minimum Gasteiger partial charge on any atom is -0.508 e. The number of para-hydroxylation sites is 1. The Kier molecular flexibility index (Phi) is 6.82. The second-order valence-electron chi connectivity index (χ2n) is 11.1. The highest BCUT2D eigenvalue weighted by atomic mass is 16.6. The Morgan fingerprint density at radius 3 is 1.93 bits per heavy atom. The van der Waals surface area contributed by atoms with Crippen LogP contribution in [0.1, 0.15) is 55.9 Å². The molecule has 2 heterocycles. The van der Waals surface area contributed by atoms with Crippen LogP contribution in [-0.4, -0.2) is 28.1 Å². The van der Waals surface area contributed by atoms with Crippen LogP contribution >= 0.6 is 0 Å². The van der Waals surface area contributed by atoms with Crippen molar-refractivity contribution in [1.82, 2.24) is 5.32 Å². The Labute approximate surface area is 263 Å². The summed E-state index contributed by atoms with van der Waals surface area (Å²) < 4.78 is 12.1. The maximum atomic E-state index is 13.4. The Morgan fingerprint density at radius 2 is 1.30 bits per heavy atom. The molecule has 0 radical (unpaired) electrons. The lowest BCUT2D eigenvalue weighted by Crippen LogP contribution is -2.33. The fourth-order valence-corrected chi connectivity index (χ4v) is 5.88. The summed E-state index contributed by atoms with van der Waals surface area (Å²) in [5.41, 5.74) is 2.63. The van der Waals surface area contributed by atoms with Crippen molar-refractivity contribution in [2.75, 3.05) is 10.6 Å². The predicted octanol–water partition coefficient (Wildman–Crippen LogP) is 6.80. The van der Waals surface area contributed by atoms with Gasteiger partial charge in [0.25, 0.3) is 5.91 Å². The molecule has 10 nitrogen and oxygen atoms in total. The molecule has 5 aromatic rings. The fraction of sp³-hybridized carbons (Fsp3) is 0.0833. The average molecular weight is 614 g/mol. The number of rotatable bonds is 5. The van der Waals surface area contributed by atoms with Gasteiger partial charge in [-0.05, 0) is 73.2 Å². The molecule has 1 unspecified atom stereocenters. The van der Waals surface area contributed by atoms with Crippen LogP contribution in [0.3, 0.4) is 0 Å². The minimum atomic E-state index is -1.41. The third-order valence-corrected chi connectivity index (χ3v) is 8.08. The van der Waals surface area contributed by atoms with Crippen LogP contribution in [0.5, 0.6) is 23.0 Å². The van der Waals surface area contributed by atoms with Gasteiger partial charge in [-0.1, -0.05) is 36.4 Å². The Hall–Kier alpha value is -6.29. The molecule has 1 spiro atoms. The molecule has 228 valence electrons. The second-order valence-corrected chi connectivity index (χ2v) is 11.1. The standard InChI is InChI=1S/C36H27N3O7/c1-20(21-7-10-24(11-8-21)39-35(44)38-23-5-3-2-4-6-23)37-33(42)22-9-14-28-27(17-22)34(43)46-36(28)29-15-12-25(40)18-31(29)45-32-19-26(41)13-16-30(32)36/h2-20,40-41H,1H3,(H,37,42)(H2,38,39,44). The van der Waals surface area contributed by atoms with Gasteiger partial charge in [0, 0.05) is 45.8 Å². The van der Waals surface area contributed by atoms with Gasteiger partial charge in [-0.3, -0.25) is 4.79 Å². The van der Waals surface area contributed by atoms with Gasteiger partial charge in [-0.15, -0.1) is 0 Å². The van der Waals surface area contributed by atoms with E-state index in [1.165, 1.54) is 30.3 Å². The highest BCUT2D eigenvalue weighted by Crippen LogP contribution is 2.57. The third kappa shape index (κ3) is 4.91. The van der Waals surface area contributed by atoms with Crippen molar-refractivity contribution < 1.29 is 34.1 Å². The normalized spacial score (nSPS) is 14.2. The van der Waals surface area contributed by atoms with Crippen molar-refractivity contribution >= 4 is 29.3 Å². The number of fused-ring (bicyclic) bond motifs is 6. The first-order chi connectivity index (χ1) is 22.2. The van der Waals surface area contributed by atoms with Crippen molar-refractivity contribution in [2.45, 2.75) is 18.6 Å². The van der Waals surface area contributed by atoms with Crippen molar-refractivity contribution in [3.63, 3.8) is 0 Å². The van der Waals surface area contributed by atoms with E-state index >= 15 is 0 Å². The number of hydrogen-bond acceptors (Lipinski definition) is 7. The van der Waals surface area contributed by atoms with Crippen LogP contribution in [0.15, 0.2) is 109 Å². The Bertz CT molecular complexity index is 1970. The van der Waals surface area contributed by atoms with Crippen LogP contribution in [0, 0.1) is 0 Å². The van der Waals surface area contributed by atoms with Crippen LogP contribution in [0.2, 0.25) is 0 Å². The number of aromatic hydroxyl groups is 2.